The van der Waals surface area contributed by atoms with Gasteiger partial charge in [-0.15, -0.1) is 11.3 Å². The van der Waals surface area contributed by atoms with Gasteiger partial charge in [0.15, 0.2) is 0 Å². The third-order valence-corrected chi connectivity index (χ3v) is 6.07. The molecule has 2 saturated heterocycles. The van der Waals surface area contributed by atoms with Crippen molar-refractivity contribution in [1.29, 1.82) is 0 Å². The summed E-state index contributed by atoms with van der Waals surface area (Å²) in [6.07, 6.45) is 4.02. The zero-order valence-corrected chi connectivity index (χ0v) is 17.2. The maximum atomic E-state index is 12.9. The lowest BCUT2D eigenvalue weighted by Gasteiger charge is -2.39. The lowest BCUT2D eigenvalue weighted by Crippen LogP contribution is -2.52. The Morgan fingerprint density at radius 3 is 2.70 bits per heavy atom. The van der Waals surface area contributed by atoms with Gasteiger partial charge >= 0.3 is 0 Å². The maximum absolute atomic E-state index is 12.9. The monoisotopic (exact) mass is 394 g/mol. The number of nitrogens with one attached hydrogen (secondary N) is 1. The molecule has 4 unspecified atom stereocenters. The van der Waals surface area contributed by atoms with E-state index in [-0.39, 0.29) is 36.0 Å². The predicted molar refractivity (Wildman–Crippen MR) is 104 cm³/mol. The van der Waals surface area contributed by atoms with Crippen molar-refractivity contribution in [3.05, 3.63) is 16.6 Å². The van der Waals surface area contributed by atoms with Crippen LogP contribution in [0, 0.1) is 5.92 Å². The Morgan fingerprint density at radius 2 is 2.07 bits per heavy atom. The van der Waals surface area contributed by atoms with E-state index >= 15 is 0 Å². The molecule has 1 N–H and O–H groups in total. The summed E-state index contributed by atoms with van der Waals surface area (Å²) in [5, 5.41) is 5.89. The van der Waals surface area contributed by atoms with Crippen LogP contribution in [0.25, 0.3) is 0 Å². The lowest BCUT2D eigenvalue weighted by atomic mass is 9.90. The Hall–Kier alpha value is -1.51. The van der Waals surface area contributed by atoms with Crippen molar-refractivity contribution < 1.29 is 14.3 Å². The van der Waals surface area contributed by atoms with Gasteiger partial charge in [-0.3, -0.25) is 14.5 Å². The fraction of sp³-hybridized carbons (Fsp3) is 0.737. The van der Waals surface area contributed by atoms with Crippen molar-refractivity contribution in [3.8, 4) is 0 Å². The predicted octanol–water partition coefficient (Wildman–Crippen LogP) is 1.67. The normalized spacial score (nSPS) is 28.0. The van der Waals surface area contributed by atoms with Crippen LogP contribution in [-0.2, 0) is 14.3 Å². The summed E-state index contributed by atoms with van der Waals surface area (Å²) in [6, 6.07) is -0.124. The topological polar surface area (TPSA) is 74.8 Å². The average Bonchev–Trinajstić information content (AvgIpc) is 3.13. The molecule has 0 radical (unpaired) electrons. The second-order valence-electron chi connectivity index (χ2n) is 7.74. The summed E-state index contributed by atoms with van der Waals surface area (Å²) in [6.45, 7) is 9.11. The van der Waals surface area contributed by atoms with Crippen LogP contribution in [0.3, 0.4) is 0 Å². The second kappa shape index (κ2) is 9.12. The standard InChI is InChI=1S/C19H30N4O3S/c1-13-9-22(10-14(2)26-13)12-17(25)23-7-4-5-16(11-23)18(21-15(3)24)19-20-6-8-27-19/h6,8,13-14,16,18H,4-5,7,9-12H2,1-3H3,(H,21,24). The summed E-state index contributed by atoms with van der Waals surface area (Å²) < 4.78 is 5.76. The number of nitrogens with zero attached hydrogens (tertiary/aromatic N) is 3. The van der Waals surface area contributed by atoms with E-state index in [2.05, 4.69) is 29.0 Å². The molecule has 8 heteroatoms. The Labute approximate surface area is 165 Å². The number of ether oxygens (including phenoxy) is 1. The van der Waals surface area contributed by atoms with Crippen LogP contribution >= 0.6 is 11.3 Å². The summed E-state index contributed by atoms with van der Waals surface area (Å²) in [4.78, 5) is 33.2. The zero-order chi connectivity index (χ0) is 19.4. The van der Waals surface area contributed by atoms with Crippen LogP contribution in [-0.4, -0.2) is 71.5 Å². The van der Waals surface area contributed by atoms with Crippen LogP contribution in [0.1, 0.15) is 44.7 Å². The third kappa shape index (κ3) is 5.49. The van der Waals surface area contributed by atoms with Crippen molar-refractivity contribution in [1.82, 2.24) is 20.1 Å². The minimum Gasteiger partial charge on any atom is -0.373 e. The first kappa shape index (κ1) is 20.2. The molecule has 0 spiro atoms. The van der Waals surface area contributed by atoms with E-state index in [9.17, 15) is 9.59 Å². The number of hydrogen-bond donors (Lipinski definition) is 1. The Bertz CT molecular complexity index is 629. The van der Waals surface area contributed by atoms with Crippen molar-refractivity contribution in [3.63, 3.8) is 0 Å². The number of likely N-dealkylation sites (tertiary alicyclic amines) is 1. The highest BCUT2D eigenvalue weighted by Gasteiger charge is 2.33. The molecular formula is C19H30N4O3S. The summed E-state index contributed by atoms with van der Waals surface area (Å²) >= 11 is 1.55. The number of thiazole rings is 1. The number of piperidine rings is 1. The van der Waals surface area contributed by atoms with Gasteiger partial charge in [0.2, 0.25) is 11.8 Å². The van der Waals surface area contributed by atoms with Gasteiger partial charge < -0.3 is 15.0 Å². The molecule has 0 bridgehead atoms. The van der Waals surface area contributed by atoms with Crippen LogP contribution < -0.4 is 5.32 Å². The van der Waals surface area contributed by atoms with E-state index in [0.717, 1.165) is 37.5 Å². The number of rotatable bonds is 5. The van der Waals surface area contributed by atoms with Crippen molar-refractivity contribution in [2.75, 3.05) is 32.7 Å². The Balaban J connectivity index is 1.62. The van der Waals surface area contributed by atoms with Gasteiger partial charge in [0.25, 0.3) is 0 Å². The molecule has 0 aliphatic carbocycles. The maximum Gasteiger partial charge on any atom is 0.236 e. The molecular weight excluding hydrogens is 364 g/mol. The molecule has 1 aromatic rings. The first-order chi connectivity index (χ1) is 12.9. The number of carbonyl (C=O) groups is 2. The highest BCUT2D eigenvalue weighted by atomic mass is 32.1. The van der Waals surface area contributed by atoms with Gasteiger partial charge in [-0.25, -0.2) is 4.98 Å². The molecule has 7 nitrogen and oxygen atoms in total. The molecule has 0 saturated carbocycles. The minimum atomic E-state index is -0.124. The molecule has 2 aliphatic rings. The van der Waals surface area contributed by atoms with Gasteiger partial charge in [-0.1, -0.05) is 0 Å². The van der Waals surface area contributed by atoms with Crippen LogP contribution in [0.4, 0.5) is 0 Å². The van der Waals surface area contributed by atoms with Gasteiger partial charge in [-0.2, -0.15) is 0 Å². The van der Waals surface area contributed by atoms with E-state index in [4.69, 9.17) is 4.74 Å². The molecule has 27 heavy (non-hydrogen) atoms. The molecule has 150 valence electrons. The first-order valence-corrected chi connectivity index (χ1v) is 10.6. The van der Waals surface area contributed by atoms with Gasteiger partial charge in [0, 0.05) is 50.6 Å². The smallest absolute Gasteiger partial charge is 0.236 e. The number of morpholine rings is 1. The SMILES string of the molecule is CC(=O)NC(c1nccs1)C1CCCN(C(=O)CN2CC(C)OC(C)C2)C1. The van der Waals surface area contributed by atoms with Crippen molar-refractivity contribution in [2.24, 2.45) is 5.92 Å². The highest BCUT2D eigenvalue weighted by molar-refractivity contribution is 7.09. The molecule has 2 amide bonds. The lowest BCUT2D eigenvalue weighted by molar-refractivity contribution is -0.137. The zero-order valence-electron chi connectivity index (χ0n) is 16.4. The van der Waals surface area contributed by atoms with Crippen molar-refractivity contribution in [2.45, 2.75) is 51.9 Å². The fourth-order valence-electron chi connectivity index (χ4n) is 4.20. The number of carbonyl (C=O) groups excluding carboxylic acids is 2. The number of hydrogen-bond acceptors (Lipinski definition) is 6. The average molecular weight is 395 g/mol. The quantitative estimate of drug-likeness (QED) is 0.822. The Kier molecular flexibility index (Phi) is 6.83. The second-order valence-corrected chi connectivity index (χ2v) is 8.67. The molecule has 3 heterocycles. The van der Waals surface area contributed by atoms with Crippen LogP contribution in [0.2, 0.25) is 0 Å². The fourth-order valence-corrected chi connectivity index (χ4v) is 4.98. The number of aromatic nitrogens is 1. The van der Waals surface area contributed by atoms with E-state index in [1.807, 2.05) is 10.3 Å². The molecule has 3 rings (SSSR count). The molecule has 2 fully saturated rings. The van der Waals surface area contributed by atoms with E-state index in [0.29, 0.717) is 13.1 Å². The summed E-state index contributed by atoms with van der Waals surface area (Å²) in [5.41, 5.74) is 0. The van der Waals surface area contributed by atoms with Gasteiger partial charge in [0.05, 0.1) is 24.8 Å². The van der Waals surface area contributed by atoms with Gasteiger partial charge in [0.1, 0.15) is 5.01 Å². The highest BCUT2D eigenvalue weighted by Crippen LogP contribution is 2.31. The third-order valence-electron chi connectivity index (χ3n) is 5.21. The van der Waals surface area contributed by atoms with E-state index < -0.39 is 0 Å². The minimum absolute atomic E-state index is 0.0602. The first-order valence-electron chi connectivity index (χ1n) is 9.74. The Morgan fingerprint density at radius 1 is 1.33 bits per heavy atom. The molecule has 1 aromatic heterocycles. The summed E-state index contributed by atoms with van der Waals surface area (Å²) in [7, 11) is 0. The molecule has 4 atom stereocenters. The van der Waals surface area contributed by atoms with Crippen LogP contribution in [0.5, 0.6) is 0 Å². The van der Waals surface area contributed by atoms with Crippen LogP contribution in [0.15, 0.2) is 11.6 Å². The van der Waals surface area contributed by atoms with Crippen molar-refractivity contribution >= 4 is 23.2 Å². The van der Waals surface area contributed by atoms with E-state index in [1.54, 1.807) is 17.5 Å². The van der Waals surface area contributed by atoms with Gasteiger partial charge in [-0.05, 0) is 26.7 Å². The molecule has 2 aliphatic heterocycles. The largest absolute Gasteiger partial charge is 0.373 e. The number of amides is 2. The van der Waals surface area contributed by atoms with E-state index in [1.165, 1.54) is 6.92 Å². The summed E-state index contributed by atoms with van der Waals surface area (Å²) in [5.74, 6) is 0.303. The molecule has 0 aromatic carbocycles.